The van der Waals surface area contributed by atoms with Crippen molar-refractivity contribution in [1.29, 1.82) is 0 Å². The fourth-order valence-electron chi connectivity index (χ4n) is 4.38. The van der Waals surface area contributed by atoms with Crippen LogP contribution in [0.1, 0.15) is 0 Å². The van der Waals surface area contributed by atoms with Crippen LogP contribution < -0.4 is 0 Å². The van der Waals surface area contributed by atoms with Gasteiger partial charge >= 0.3 is 0 Å². The Morgan fingerprint density at radius 1 is 0.594 bits per heavy atom. The van der Waals surface area contributed by atoms with Crippen molar-refractivity contribution in [2.24, 2.45) is 7.05 Å². The lowest BCUT2D eigenvalue weighted by Crippen LogP contribution is -1.97. The second kappa shape index (κ2) is 7.54. The smallest absolute Gasteiger partial charge is 0.105 e. The van der Waals surface area contributed by atoms with Crippen molar-refractivity contribution >= 4 is 64.7 Å². The molecule has 0 bridgehead atoms. The SMILES string of the molecule is Cn1c2ccccc2c2ccc(-c3nc4c(Br)ccc(Br)c4nc3-c3ccccc3)cc21. The molecule has 2 heterocycles. The van der Waals surface area contributed by atoms with E-state index in [0.29, 0.717) is 0 Å². The summed E-state index contributed by atoms with van der Waals surface area (Å²) in [4.78, 5) is 10.2. The first-order valence-corrected chi connectivity index (χ1v) is 11.9. The van der Waals surface area contributed by atoms with Gasteiger partial charge in [-0.15, -0.1) is 0 Å². The molecule has 0 atom stereocenters. The van der Waals surface area contributed by atoms with Crippen LogP contribution >= 0.6 is 31.9 Å². The highest BCUT2D eigenvalue weighted by Crippen LogP contribution is 2.37. The molecule has 32 heavy (non-hydrogen) atoms. The van der Waals surface area contributed by atoms with E-state index in [1.807, 2.05) is 30.3 Å². The summed E-state index contributed by atoms with van der Waals surface area (Å²) in [7, 11) is 2.12. The molecular weight excluding hydrogens is 526 g/mol. The Bertz CT molecular complexity index is 1650. The Morgan fingerprint density at radius 2 is 1.19 bits per heavy atom. The monoisotopic (exact) mass is 541 g/mol. The van der Waals surface area contributed by atoms with Gasteiger partial charge in [0.1, 0.15) is 11.0 Å². The molecule has 0 spiro atoms. The molecule has 5 heteroatoms. The number of nitrogens with zero attached hydrogens (tertiary/aromatic N) is 3. The average molecular weight is 543 g/mol. The summed E-state index contributed by atoms with van der Waals surface area (Å²) < 4.78 is 4.10. The van der Waals surface area contributed by atoms with Gasteiger partial charge in [-0.1, -0.05) is 60.7 Å². The van der Waals surface area contributed by atoms with Gasteiger partial charge < -0.3 is 4.57 Å². The molecule has 0 aliphatic rings. The molecule has 3 nitrogen and oxygen atoms in total. The number of para-hydroxylation sites is 1. The zero-order valence-electron chi connectivity index (χ0n) is 17.2. The molecule has 0 aliphatic carbocycles. The van der Waals surface area contributed by atoms with E-state index >= 15 is 0 Å². The maximum absolute atomic E-state index is 5.12. The number of aryl methyl sites for hydroxylation is 1. The van der Waals surface area contributed by atoms with Crippen LogP contribution in [-0.2, 0) is 7.05 Å². The third-order valence-corrected chi connectivity index (χ3v) is 7.24. The van der Waals surface area contributed by atoms with Gasteiger partial charge in [0, 0.05) is 48.9 Å². The first kappa shape index (κ1) is 19.6. The zero-order chi connectivity index (χ0) is 21.8. The quantitative estimate of drug-likeness (QED) is 0.221. The number of aromatic nitrogens is 3. The van der Waals surface area contributed by atoms with Crippen LogP contribution in [-0.4, -0.2) is 14.5 Å². The highest BCUT2D eigenvalue weighted by molar-refractivity contribution is 9.11. The normalized spacial score (nSPS) is 11.6. The lowest BCUT2D eigenvalue weighted by molar-refractivity contribution is 1.01. The third-order valence-electron chi connectivity index (χ3n) is 5.96. The molecule has 0 radical (unpaired) electrons. The average Bonchev–Trinajstić information content (AvgIpc) is 3.13. The number of hydrogen-bond donors (Lipinski definition) is 0. The Morgan fingerprint density at radius 3 is 1.91 bits per heavy atom. The molecule has 6 aromatic rings. The predicted molar refractivity (Wildman–Crippen MR) is 140 cm³/mol. The summed E-state index contributed by atoms with van der Waals surface area (Å²) in [5.74, 6) is 0. The van der Waals surface area contributed by atoms with E-state index in [-0.39, 0.29) is 0 Å². The Kier molecular flexibility index (Phi) is 4.63. The van der Waals surface area contributed by atoms with Gasteiger partial charge in [-0.3, -0.25) is 0 Å². The molecule has 154 valence electrons. The Balaban J connectivity index is 1.69. The molecule has 0 saturated heterocycles. The third kappa shape index (κ3) is 2.99. The summed E-state index contributed by atoms with van der Waals surface area (Å²) in [6.07, 6.45) is 0. The van der Waals surface area contributed by atoms with E-state index in [9.17, 15) is 0 Å². The molecule has 0 aliphatic heterocycles. The number of rotatable bonds is 2. The number of halogens is 2. The van der Waals surface area contributed by atoms with E-state index in [1.165, 1.54) is 21.8 Å². The molecule has 6 rings (SSSR count). The molecule has 0 unspecified atom stereocenters. The van der Waals surface area contributed by atoms with Gasteiger partial charge in [-0.25, -0.2) is 9.97 Å². The van der Waals surface area contributed by atoms with Gasteiger partial charge in [0.25, 0.3) is 0 Å². The second-order valence-corrected chi connectivity index (χ2v) is 9.53. The first-order chi connectivity index (χ1) is 15.6. The van der Waals surface area contributed by atoms with Gasteiger partial charge in [-0.05, 0) is 56.1 Å². The van der Waals surface area contributed by atoms with Crippen molar-refractivity contribution in [1.82, 2.24) is 14.5 Å². The minimum absolute atomic E-state index is 0.839. The van der Waals surface area contributed by atoms with Gasteiger partial charge in [0.05, 0.1) is 11.4 Å². The molecule has 2 aromatic heterocycles. The van der Waals surface area contributed by atoms with Crippen LogP contribution in [0.5, 0.6) is 0 Å². The molecule has 0 saturated carbocycles. The molecule has 4 aromatic carbocycles. The summed E-state index contributed by atoms with van der Waals surface area (Å²) in [5.41, 5.74) is 7.91. The van der Waals surface area contributed by atoms with Crippen molar-refractivity contribution in [2.75, 3.05) is 0 Å². The fraction of sp³-hybridized carbons (Fsp3) is 0.0370. The van der Waals surface area contributed by atoms with Crippen molar-refractivity contribution < 1.29 is 0 Å². The summed E-state index contributed by atoms with van der Waals surface area (Å²) in [6.45, 7) is 0. The summed E-state index contributed by atoms with van der Waals surface area (Å²) in [5, 5.41) is 2.50. The topological polar surface area (TPSA) is 30.7 Å². The van der Waals surface area contributed by atoms with Crippen LogP contribution in [0.15, 0.2) is 93.9 Å². The maximum Gasteiger partial charge on any atom is 0.105 e. The summed E-state index contributed by atoms with van der Waals surface area (Å²) in [6, 6.07) is 29.3. The standard InChI is InChI=1S/C27H17Br2N3/c1-32-22-10-6-5-9-18(22)19-12-11-17(15-23(19)32)25-24(16-7-3-2-4-8-16)30-26-20(28)13-14-21(29)27(26)31-25/h2-15H,1H3. The van der Waals surface area contributed by atoms with Gasteiger partial charge in [0.15, 0.2) is 0 Å². The molecule has 0 amide bonds. The van der Waals surface area contributed by atoms with Crippen molar-refractivity contribution in [2.45, 2.75) is 0 Å². The Labute approximate surface area is 202 Å². The van der Waals surface area contributed by atoms with Gasteiger partial charge in [0.2, 0.25) is 0 Å². The van der Waals surface area contributed by atoms with Crippen molar-refractivity contribution in [3.8, 4) is 22.5 Å². The van der Waals surface area contributed by atoms with E-state index in [2.05, 4.69) is 98.1 Å². The van der Waals surface area contributed by atoms with Crippen molar-refractivity contribution in [3.05, 3.63) is 93.9 Å². The minimum atomic E-state index is 0.839. The van der Waals surface area contributed by atoms with E-state index < -0.39 is 0 Å². The van der Waals surface area contributed by atoms with Crippen LogP contribution in [0.4, 0.5) is 0 Å². The van der Waals surface area contributed by atoms with Crippen LogP contribution in [0, 0.1) is 0 Å². The highest BCUT2D eigenvalue weighted by Gasteiger charge is 2.17. The fourth-order valence-corrected chi connectivity index (χ4v) is 5.20. The zero-order valence-corrected chi connectivity index (χ0v) is 20.4. The largest absolute Gasteiger partial charge is 0.344 e. The lowest BCUT2D eigenvalue weighted by atomic mass is 10.0. The van der Waals surface area contributed by atoms with E-state index in [0.717, 1.165) is 42.5 Å². The lowest BCUT2D eigenvalue weighted by Gasteiger charge is -2.13. The Hall–Kier alpha value is -3.02. The van der Waals surface area contributed by atoms with Crippen molar-refractivity contribution in [3.63, 3.8) is 0 Å². The number of fused-ring (bicyclic) bond motifs is 4. The highest BCUT2D eigenvalue weighted by atomic mass is 79.9. The molecular formula is C27H17Br2N3. The molecule has 0 fully saturated rings. The van der Waals surface area contributed by atoms with Crippen LogP contribution in [0.2, 0.25) is 0 Å². The summed E-state index contributed by atoms with van der Waals surface area (Å²) >= 11 is 7.32. The number of hydrogen-bond acceptors (Lipinski definition) is 2. The minimum Gasteiger partial charge on any atom is -0.344 e. The molecule has 0 N–H and O–H groups in total. The first-order valence-electron chi connectivity index (χ1n) is 10.3. The van der Waals surface area contributed by atoms with Crippen LogP contribution in [0.25, 0.3) is 55.4 Å². The second-order valence-electron chi connectivity index (χ2n) is 7.82. The number of benzene rings is 4. The maximum atomic E-state index is 5.12. The van der Waals surface area contributed by atoms with Crippen LogP contribution in [0.3, 0.4) is 0 Å². The van der Waals surface area contributed by atoms with E-state index in [4.69, 9.17) is 9.97 Å². The van der Waals surface area contributed by atoms with E-state index in [1.54, 1.807) is 0 Å². The van der Waals surface area contributed by atoms with Gasteiger partial charge in [-0.2, -0.15) is 0 Å². The predicted octanol–water partition coefficient (Wildman–Crippen LogP) is 8.13.